The largest absolute Gasteiger partial charge is 0.312 e. The van der Waals surface area contributed by atoms with Gasteiger partial charge in [0.25, 0.3) is 0 Å². The van der Waals surface area contributed by atoms with Crippen LogP contribution in [0.25, 0.3) is 0 Å². The standard InChI is InChI=1S/C10H14N2OS/c1-14(13)12-10-4-2-3-8-5-6-11-7-9(8)10/h2-4,11-12H,5-7H2,1H3. The van der Waals surface area contributed by atoms with Crippen LogP contribution < -0.4 is 10.0 Å². The van der Waals surface area contributed by atoms with Crippen LogP contribution in [0.2, 0.25) is 0 Å². The van der Waals surface area contributed by atoms with Crippen LogP contribution in [0.4, 0.5) is 5.69 Å². The molecule has 0 amide bonds. The lowest BCUT2D eigenvalue weighted by atomic mass is 10.00. The van der Waals surface area contributed by atoms with Gasteiger partial charge in [-0.25, -0.2) is 4.21 Å². The van der Waals surface area contributed by atoms with Crippen LogP contribution >= 0.6 is 0 Å². The Bertz CT molecular complexity index is 365. The molecule has 0 saturated carbocycles. The lowest BCUT2D eigenvalue weighted by molar-refractivity contribution is 0.645. The summed E-state index contributed by atoms with van der Waals surface area (Å²) in [6, 6.07) is 6.13. The molecule has 1 aliphatic heterocycles. The van der Waals surface area contributed by atoms with Crippen LogP contribution in [0.3, 0.4) is 0 Å². The number of hydrogen-bond donors (Lipinski definition) is 2. The first kappa shape index (κ1) is 9.68. The Morgan fingerprint density at radius 2 is 2.36 bits per heavy atom. The molecule has 2 N–H and O–H groups in total. The summed E-state index contributed by atoms with van der Waals surface area (Å²) in [6.45, 7) is 1.90. The van der Waals surface area contributed by atoms with Crippen molar-refractivity contribution in [1.29, 1.82) is 0 Å². The molecule has 0 bridgehead atoms. The van der Waals surface area contributed by atoms with Gasteiger partial charge < -0.3 is 10.0 Å². The number of fused-ring (bicyclic) bond motifs is 1. The summed E-state index contributed by atoms with van der Waals surface area (Å²) in [6.07, 6.45) is 2.71. The second-order valence-electron chi connectivity index (χ2n) is 3.43. The zero-order valence-electron chi connectivity index (χ0n) is 8.17. The fourth-order valence-corrected chi connectivity index (χ4v) is 2.27. The van der Waals surface area contributed by atoms with E-state index in [-0.39, 0.29) is 0 Å². The Morgan fingerprint density at radius 1 is 1.50 bits per heavy atom. The Hall–Kier alpha value is -0.870. The second kappa shape index (κ2) is 4.11. The van der Waals surface area contributed by atoms with Crippen molar-refractivity contribution < 1.29 is 4.21 Å². The summed E-state index contributed by atoms with van der Waals surface area (Å²) in [5, 5.41) is 3.32. The molecule has 0 radical (unpaired) electrons. The maximum absolute atomic E-state index is 11.1. The predicted molar refractivity (Wildman–Crippen MR) is 59.5 cm³/mol. The number of anilines is 1. The third-order valence-corrected chi connectivity index (χ3v) is 2.91. The molecule has 2 rings (SSSR count). The van der Waals surface area contributed by atoms with Gasteiger partial charge in [-0.3, -0.25) is 0 Å². The van der Waals surface area contributed by atoms with Crippen molar-refractivity contribution in [3.63, 3.8) is 0 Å². The Kier molecular flexibility index (Phi) is 2.84. The molecule has 3 nitrogen and oxygen atoms in total. The fraction of sp³-hybridized carbons (Fsp3) is 0.400. The minimum atomic E-state index is -0.992. The van der Waals surface area contributed by atoms with E-state index in [1.165, 1.54) is 11.1 Å². The zero-order chi connectivity index (χ0) is 9.97. The van der Waals surface area contributed by atoms with Crippen LogP contribution in [0.5, 0.6) is 0 Å². The van der Waals surface area contributed by atoms with Crippen molar-refractivity contribution in [1.82, 2.24) is 5.32 Å². The van der Waals surface area contributed by atoms with E-state index in [2.05, 4.69) is 16.1 Å². The van der Waals surface area contributed by atoms with Gasteiger partial charge in [0.15, 0.2) is 0 Å². The van der Waals surface area contributed by atoms with Crippen molar-refractivity contribution in [2.75, 3.05) is 17.5 Å². The van der Waals surface area contributed by atoms with E-state index >= 15 is 0 Å². The summed E-state index contributed by atoms with van der Waals surface area (Å²) in [5.74, 6) is 0. The van der Waals surface area contributed by atoms with Crippen LogP contribution in [-0.2, 0) is 24.0 Å². The predicted octanol–water partition coefficient (Wildman–Crippen LogP) is 1.04. The van der Waals surface area contributed by atoms with E-state index in [0.29, 0.717) is 0 Å². The molecule has 0 spiro atoms. The molecule has 1 aromatic rings. The average Bonchev–Trinajstić information content (AvgIpc) is 2.18. The molecule has 1 unspecified atom stereocenters. The molecule has 0 saturated heterocycles. The zero-order valence-corrected chi connectivity index (χ0v) is 8.99. The van der Waals surface area contributed by atoms with E-state index in [1.807, 2.05) is 12.1 Å². The van der Waals surface area contributed by atoms with Crippen LogP contribution in [-0.4, -0.2) is 17.0 Å². The molecule has 1 atom stereocenters. The summed E-state index contributed by atoms with van der Waals surface area (Å²) >= 11 is 0. The van der Waals surface area contributed by atoms with Gasteiger partial charge in [0.2, 0.25) is 0 Å². The topological polar surface area (TPSA) is 41.1 Å². The molecule has 1 aromatic carbocycles. The first-order valence-corrected chi connectivity index (χ1v) is 6.25. The highest BCUT2D eigenvalue weighted by atomic mass is 32.2. The monoisotopic (exact) mass is 210 g/mol. The van der Waals surface area contributed by atoms with Gasteiger partial charge in [0, 0.05) is 12.8 Å². The normalized spacial score (nSPS) is 17.2. The van der Waals surface area contributed by atoms with Gasteiger partial charge in [-0.2, -0.15) is 0 Å². The van der Waals surface area contributed by atoms with E-state index in [4.69, 9.17) is 0 Å². The molecule has 0 aliphatic carbocycles. The van der Waals surface area contributed by atoms with Gasteiger partial charge in [-0.1, -0.05) is 12.1 Å². The van der Waals surface area contributed by atoms with E-state index in [1.54, 1.807) is 6.26 Å². The Labute approximate surface area is 86.5 Å². The fourth-order valence-electron chi connectivity index (χ4n) is 1.76. The summed E-state index contributed by atoms with van der Waals surface area (Å²) in [7, 11) is -0.992. The maximum Gasteiger partial charge on any atom is 0.113 e. The molecule has 1 aliphatic rings. The van der Waals surface area contributed by atoms with E-state index in [9.17, 15) is 4.21 Å². The molecule has 76 valence electrons. The molecule has 4 heteroatoms. The van der Waals surface area contributed by atoms with Gasteiger partial charge in [-0.15, -0.1) is 0 Å². The van der Waals surface area contributed by atoms with Crippen molar-refractivity contribution >= 4 is 16.7 Å². The molecule has 0 aromatic heterocycles. The van der Waals surface area contributed by atoms with Crippen LogP contribution in [0.1, 0.15) is 11.1 Å². The Balaban J connectivity index is 2.35. The van der Waals surface area contributed by atoms with Crippen molar-refractivity contribution in [3.8, 4) is 0 Å². The van der Waals surface area contributed by atoms with E-state index in [0.717, 1.165) is 25.2 Å². The smallest absolute Gasteiger partial charge is 0.113 e. The maximum atomic E-state index is 11.1. The lowest BCUT2D eigenvalue weighted by Gasteiger charge is -2.20. The highest BCUT2D eigenvalue weighted by Gasteiger charge is 2.12. The first-order valence-electron chi connectivity index (χ1n) is 4.69. The highest BCUT2D eigenvalue weighted by molar-refractivity contribution is 7.85. The molecule has 1 heterocycles. The van der Waals surface area contributed by atoms with Crippen LogP contribution in [0.15, 0.2) is 18.2 Å². The summed E-state index contributed by atoms with van der Waals surface area (Å²) in [5.41, 5.74) is 3.61. The highest BCUT2D eigenvalue weighted by Crippen LogP contribution is 2.22. The van der Waals surface area contributed by atoms with Gasteiger partial charge in [0.1, 0.15) is 11.0 Å². The van der Waals surface area contributed by atoms with Crippen molar-refractivity contribution in [2.24, 2.45) is 0 Å². The Morgan fingerprint density at radius 3 is 3.14 bits per heavy atom. The molecular weight excluding hydrogens is 196 g/mol. The van der Waals surface area contributed by atoms with Gasteiger partial charge in [-0.05, 0) is 30.2 Å². The quantitative estimate of drug-likeness (QED) is 0.765. The SMILES string of the molecule is CS(=O)Nc1cccc2c1CNCC2. The molecule has 14 heavy (non-hydrogen) atoms. The third kappa shape index (κ3) is 1.96. The lowest BCUT2D eigenvalue weighted by Crippen LogP contribution is -2.24. The molecular formula is C10H14N2OS. The number of hydrogen-bond acceptors (Lipinski definition) is 2. The first-order chi connectivity index (χ1) is 6.77. The summed E-state index contributed by atoms with van der Waals surface area (Å²) < 4.78 is 14.0. The minimum Gasteiger partial charge on any atom is -0.312 e. The molecule has 0 fully saturated rings. The number of benzene rings is 1. The number of nitrogens with one attached hydrogen (secondary N) is 2. The van der Waals surface area contributed by atoms with Crippen molar-refractivity contribution in [3.05, 3.63) is 29.3 Å². The van der Waals surface area contributed by atoms with Gasteiger partial charge >= 0.3 is 0 Å². The van der Waals surface area contributed by atoms with Gasteiger partial charge in [0.05, 0.1) is 5.69 Å². The van der Waals surface area contributed by atoms with Crippen molar-refractivity contribution in [2.45, 2.75) is 13.0 Å². The third-order valence-electron chi connectivity index (χ3n) is 2.40. The van der Waals surface area contributed by atoms with Crippen LogP contribution in [0, 0.1) is 0 Å². The van der Waals surface area contributed by atoms with E-state index < -0.39 is 11.0 Å². The number of rotatable bonds is 2. The second-order valence-corrected chi connectivity index (χ2v) is 4.54. The minimum absolute atomic E-state index is 0.871. The summed E-state index contributed by atoms with van der Waals surface area (Å²) in [4.78, 5) is 0. The average molecular weight is 210 g/mol.